The van der Waals surface area contributed by atoms with E-state index in [0.29, 0.717) is 24.1 Å². The maximum absolute atomic E-state index is 11.5. The van der Waals surface area contributed by atoms with Gasteiger partial charge in [0.1, 0.15) is 0 Å². The molecule has 1 unspecified atom stereocenters. The molecule has 0 saturated carbocycles. The Bertz CT molecular complexity index is 805. The molecule has 1 aromatic heterocycles. The molecule has 1 atom stereocenters. The van der Waals surface area contributed by atoms with E-state index in [0.717, 1.165) is 5.69 Å². The average molecular weight is 347 g/mol. The molecule has 8 heteroatoms. The van der Waals surface area contributed by atoms with Crippen molar-refractivity contribution in [1.82, 2.24) is 15.2 Å². The summed E-state index contributed by atoms with van der Waals surface area (Å²) in [4.78, 5) is 4.35. The molecule has 0 amide bonds. The first-order valence-corrected chi connectivity index (χ1v) is 9.77. The molecule has 0 radical (unpaired) electrons. The summed E-state index contributed by atoms with van der Waals surface area (Å²) in [6, 6.07) is 7.95. The lowest BCUT2D eigenvalue weighted by molar-refractivity contribution is 0.602. The van der Waals surface area contributed by atoms with Crippen LogP contribution in [0, 0.1) is 0 Å². The fourth-order valence-electron chi connectivity index (χ4n) is 2.62. The zero-order valence-electron chi connectivity index (χ0n) is 13.7. The van der Waals surface area contributed by atoms with Gasteiger partial charge in [0.2, 0.25) is 5.95 Å². The molecular formula is C16H21N5O2S. The number of rotatable bonds is 5. The molecule has 1 fully saturated rings. The van der Waals surface area contributed by atoms with E-state index < -0.39 is 9.84 Å². The lowest BCUT2D eigenvalue weighted by Crippen LogP contribution is -2.21. The van der Waals surface area contributed by atoms with E-state index in [9.17, 15) is 8.42 Å². The van der Waals surface area contributed by atoms with Gasteiger partial charge in [0, 0.05) is 11.7 Å². The summed E-state index contributed by atoms with van der Waals surface area (Å²) in [5, 5.41) is 14.1. The second-order valence-electron chi connectivity index (χ2n) is 6.31. The summed E-state index contributed by atoms with van der Waals surface area (Å²) in [6.45, 7) is 4.29. The van der Waals surface area contributed by atoms with Gasteiger partial charge in [0.25, 0.3) is 0 Å². The van der Waals surface area contributed by atoms with E-state index in [2.05, 4.69) is 51.8 Å². The second kappa shape index (κ2) is 6.72. The fraction of sp³-hybridized carbons (Fsp3) is 0.438. The van der Waals surface area contributed by atoms with Crippen LogP contribution in [0.5, 0.6) is 0 Å². The van der Waals surface area contributed by atoms with Crippen LogP contribution in [0.25, 0.3) is 0 Å². The van der Waals surface area contributed by atoms with E-state index in [-0.39, 0.29) is 17.5 Å². The minimum Gasteiger partial charge on any atom is -0.365 e. The number of nitrogens with zero attached hydrogens (tertiary/aromatic N) is 3. The maximum atomic E-state index is 11.5. The summed E-state index contributed by atoms with van der Waals surface area (Å²) >= 11 is 0. The lowest BCUT2D eigenvalue weighted by Gasteiger charge is -2.12. The fourth-order valence-corrected chi connectivity index (χ4v) is 4.30. The van der Waals surface area contributed by atoms with Crippen molar-refractivity contribution >= 4 is 27.3 Å². The van der Waals surface area contributed by atoms with Crippen LogP contribution in [0.15, 0.2) is 30.5 Å². The van der Waals surface area contributed by atoms with Gasteiger partial charge in [-0.05, 0) is 30.0 Å². The summed E-state index contributed by atoms with van der Waals surface area (Å²) in [5.74, 6) is 1.73. The summed E-state index contributed by atoms with van der Waals surface area (Å²) in [6.07, 6.45) is 2.09. The first kappa shape index (κ1) is 16.6. The van der Waals surface area contributed by atoms with Crippen LogP contribution in [0.3, 0.4) is 0 Å². The molecule has 3 rings (SSSR count). The molecule has 1 saturated heterocycles. The van der Waals surface area contributed by atoms with Gasteiger partial charge in [-0.1, -0.05) is 26.0 Å². The number of anilines is 3. The van der Waals surface area contributed by atoms with Crippen LogP contribution < -0.4 is 10.6 Å². The Morgan fingerprint density at radius 3 is 2.58 bits per heavy atom. The highest BCUT2D eigenvalue weighted by molar-refractivity contribution is 7.91. The van der Waals surface area contributed by atoms with E-state index in [1.54, 1.807) is 0 Å². The first-order valence-electron chi connectivity index (χ1n) is 7.95. The van der Waals surface area contributed by atoms with E-state index in [1.165, 1.54) is 11.8 Å². The third-order valence-corrected chi connectivity index (χ3v) is 5.74. The molecule has 2 heterocycles. The number of hydrogen-bond donors (Lipinski definition) is 2. The Morgan fingerprint density at radius 2 is 1.96 bits per heavy atom. The van der Waals surface area contributed by atoms with Crippen LogP contribution in [0.4, 0.5) is 17.5 Å². The summed E-state index contributed by atoms with van der Waals surface area (Å²) in [5.41, 5.74) is 2.14. The van der Waals surface area contributed by atoms with Gasteiger partial charge < -0.3 is 10.6 Å². The molecule has 128 valence electrons. The molecule has 0 spiro atoms. The van der Waals surface area contributed by atoms with Crippen molar-refractivity contribution in [3.05, 3.63) is 36.0 Å². The van der Waals surface area contributed by atoms with Crippen LogP contribution in [0.1, 0.15) is 31.7 Å². The van der Waals surface area contributed by atoms with Crippen LogP contribution >= 0.6 is 0 Å². The monoisotopic (exact) mass is 347 g/mol. The topological polar surface area (TPSA) is 96.9 Å². The third kappa shape index (κ3) is 4.19. The number of hydrogen-bond acceptors (Lipinski definition) is 7. The van der Waals surface area contributed by atoms with Gasteiger partial charge in [-0.25, -0.2) is 8.42 Å². The van der Waals surface area contributed by atoms with E-state index in [1.807, 2.05) is 12.1 Å². The lowest BCUT2D eigenvalue weighted by atomic mass is 10.0. The van der Waals surface area contributed by atoms with Crippen molar-refractivity contribution in [2.24, 2.45) is 0 Å². The Kier molecular flexibility index (Phi) is 4.66. The highest BCUT2D eigenvalue weighted by Crippen LogP contribution is 2.20. The largest absolute Gasteiger partial charge is 0.365 e. The van der Waals surface area contributed by atoms with Crippen molar-refractivity contribution in [2.45, 2.75) is 32.2 Å². The average Bonchev–Trinajstić information content (AvgIpc) is 2.87. The van der Waals surface area contributed by atoms with Gasteiger partial charge in [-0.15, -0.1) is 5.10 Å². The minimum atomic E-state index is -2.93. The van der Waals surface area contributed by atoms with Gasteiger partial charge in [-0.3, -0.25) is 0 Å². The second-order valence-corrected chi connectivity index (χ2v) is 8.54. The maximum Gasteiger partial charge on any atom is 0.249 e. The normalized spacial score (nSPS) is 19.4. The molecule has 2 N–H and O–H groups in total. The third-order valence-electron chi connectivity index (χ3n) is 3.98. The van der Waals surface area contributed by atoms with Crippen LogP contribution in [-0.4, -0.2) is 41.1 Å². The molecule has 0 bridgehead atoms. The van der Waals surface area contributed by atoms with Crippen molar-refractivity contribution < 1.29 is 8.42 Å². The smallest absolute Gasteiger partial charge is 0.249 e. The summed E-state index contributed by atoms with van der Waals surface area (Å²) in [7, 11) is -2.93. The molecule has 2 aromatic rings. The minimum absolute atomic E-state index is 0.120. The Hall–Kier alpha value is -2.22. The van der Waals surface area contributed by atoms with Gasteiger partial charge in [0.15, 0.2) is 15.7 Å². The van der Waals surface area contributed by atoms with Crippen molar-refractivity contribution in [3.8, 4) is 0 Å². The van der Waals surface area contributed by atoms with Crippen LogP contribution in [-0.2, 0) is 9.84 Å². The van der Waals surface area contributed by atoms with E-state index >= 15 is 0 Å². The standard InChI is InChI=1S/C16H21N5O2S/c1-11(2)12-3-5-13(6-4-12)19-16-20-15(9-17-21-16)18-14-7-8-24(22,23)10-14/h3-6,9,11,14H,7-8,10H2,1-2H3,(H2,18,19,20,21). The number of sulfone groups is 1. The van der Waals surface area contributed by atoms with Gasteiger partial charge in [-0.2, -0.15) is 10.1 Å². The molecule has 24 heavy (non-hydrogen) atoms. The van der Waals surface area contributed by atoms with Crippen LogP contribution in [0.2, 0.25) is 0 Å². The van der Waals surface area contributed by atoms with Gasteiger partial charge in [0.05, 0.1) is 17.7 Å². The Morgan fingerprint density at radius 1 is 1.21 bits per heavy atom. The van der Waals surface area contributed by atoms with E-state index in [4.69, 9.17) is 0 Å². The molecule has 1 aromatic carbocycles. The molecular weight excluding hydrogens is 326 g/mol. The molecule has 1 aliphatic rings. The van der Waals surface area contributed by atoms with Crippen molar-refractivity contribution in [2.75, 3.05) is 22.1 Å². The molecule has 0 aliphatic carbocycles. The Balaban J connectivity index is 1.67. The number of nitrogens with one attached hydrogen (secondary N) is 2. The number of benzene rings is 1. The van der Waals surface area contributed by atoms with Crippen molar-refractivity contribution in [1.29, 1.82) is 0 Å². The molecule has 7 nitrogen and oxygen atoms in total. The highest BCUT2D eigenvalue weighted by Gasteiger charge is 2.28. The quantitative estimate of drug-likeness (QED) is 0.857. The number of aromatic nitrogens is 3. The first-order chi connectivity index (χ1) is 11.4. The Labute approximate surface area is 141 Å². The predicted molar refractivity (Wildman–Crippen MR) is 94.3 cm³/mol. The molecule has 1 aliphatic heterocycles. The van der Waals surface area contributed by atoms with Crippen molar-refractivity contribution in [3.63, 3.8) is 0 Å². The highest BCUT2D eigenvalue weighted by atomic mass is 32.2. The zero-order chi connectivity index (χ0) is 17.2. The SMILES string of the molecule is CC(C)c1ccc(Nc2nncc(NC3CCS(=O)(=O)C3)n2)cc1. The predicted octanol–water partition coefficient (Wildman–Crippen LogP) is 2.34. The zero-order valence-corrected chi connectivity index (χ0v) is 14.5. The summed E-state index contributed by atoms with van der Waals surface area (Å²) < 4.78 is 23.0. The van der Waals surface area contributed by atoms with Gasteiger partial charge >= 0.3 is 0 Å².